The predicted octanol–water partition coefficient (Wildman–Crippen LogP) is 7.76. The summed E-state index contributed by atoms with van der Waals surface area (Å²) >= 11 is 0. The largest absolute Gasteiger partial charge is 0.491 e. The summed E-state index contributed by atoms with van der Waals surface area (Å²) in [5.74, 6) is 0.515. The summed E-state index contributed by atoms with van der Waals surface area (Å²) in [7, 11) is 0. The molecule has 0 aliphatic carbocycles. The number of carbonyl (C=O) groups excluding carboxylic acids is 2. The summed E-state index contributed by atoms with van der Waals surface area (Å²) in [5, 5.41) is 20.8. The lowest BCUT2D eigenvalue weighted by molar-refractivity contribution is -0.138. The lowest BCUT2D eigenvalue weighted by Crippen LogP contribution is -2.48. The van der Waals surface area contributed by atoms with Crippen molar-refractivity contribution in [2.24, 2.45) is 11.8 Å². The number of hydrogen-bond donors (Lipinski definition) is 4. The lowest BCUT2D eigenvalue weighted by Gasteiger charge is -2.24. The number of pyridine rings is 1. The van der Waals surface area contributed by atoms with Crippen molar-refractivity contribution in [3.63, 3.8) is 0 Å². The number of aliphatic carboxylic acids is 1. The quantitative estimate of drug-likeness (QED) is 0.0379. The average Bonchev–Trinajstić information content (AvgIpc) is 3.23. The number of anilines is 1. The van der Waals surface area contributed by atoms with Crippen molar-refractivity contribution >= 4 is 34.4 Å². The Bertz CT molecular complexity index is 1920. The molecule has 0 fully saturated rings. The standard InChI is InChI=1S/C48H66N4O9/c1-34(2)19-22-57-23-24-58-25-26-59-27-28-60-29-30-61-44-17-16-39(40-9-6-7-10-41(40)44)37-12-14-38(15-13-37)42(33-47(54)55)52-48(56)43(31-35(3)4)51-46(53)11-8-20-49-45-32-36(5)18-21-50-45/h6-7,9-10,12-18,21,32,34-35,42-43H,8,11,19-20,22-31,33H2,1-5H3,(H,49,50)(H,51,53)(H,52,56)(H,54,55)/t42-,43-/m0/s1. The van der Waals surface area contributed by atoms with Crippen LogP contribution < -0.4 is 20.7 Å². The minimum Gasteiger partial charge on any atom is -0.491 e. The Hall–Kier alpha value is -5.08. The fraction of sp³-hybridized carbons (Fsp3) is 0.500. The van der Waals surface area contributed by atoms with E-state index >= 15 is 0 Å². The van der Waals surface area contributed by atoms with Crippen LogP contribution in [0.5, 0.6) is 5.75 Å². The number of nitrogens with zero attached hydrogens (tertiary/aromatic N) is 1. The molecular formula is C48H66N4O9. The molecule has 4 rings (SSSR count). The van der Waals surface area contributed by atoms with Gasteiger partial charge in [-0.3, -0.25) is 14.4 Å². The normalized spacial score (nSPS) is 12.4. The van der Waals surface area contributed by atoms with Gasteiger partial charge < -0.3 is 44.7 Å². The van der Waals surface area contributed by atoms with Crippen molar-refractivity contribution in [3.05, 3.63) is 90.1 Å². The van der Waals surface area contributed by atoms with Gasteiger partial charge >= 0.3 is 5.97 Å². The molecular weight excluding hydrogens is 777 g/mol. The number of aryl methyl sites for hydroxylation is 1. The van der Waals surface area contributed by atoms with Crippen LogP contribution in [0.1, 0.15) is 77.0 Å². The molecule has 0 saturated heterocycles. The molecule has 0 aliphatic rings. The number of amides is 2. The van der Waals surface area contributed by atoms with Gasteiger partial charge in [0.05, 0.1) is 58.7 Å². The fourth-order valence-electron chi connectivity index (χ4n) is 6.60. The topological polar surface area (TPSA) is 167 Å². The van der Waals surface area contributed by atoms with Gasteiger partial charge in [-0.25, -0.2) is 4.98 Å². The number of carboxylic acid groups (broad SMARTS) is 1. The number of hydrogen-bond acceptors (Lipinski definition) is 10. The molecule has 0 spiro atoms. The molecule has 13 nitrogen and oxygen atoms in total. The predicted molar refractivity (Wildman–Crippen MR) is 239 cm³/mol. The van der Waals surface area contributed by atoms with Crippen LogP contribution in [0.3, 0.4) is 0 Å². The van der Waals surface area contributed by atoms with Gasteiger partial charge in [0.15, 0.2) is 0 Å². The minimum atomic E-state index is -1.05. The Morgan fingerprint density at radius 1 is 0.721 bits per heavy atom. The van der Waals surface area contributed by atoms with E-state index in [4.69, 9.17) is 23.7 Å². The van der Waals surface area contributed by atoms with E-state index in [1.807, 2.05) is 93.6 Å². The molecule has 1 heterocycles. The summed E-state index contributed by atoms with van der Waals surface area (Å²) < 4.78 is 28.5. The van der Waals surface area contributed by atoms with Crippen LogP contribution >= 0.6 is 0 Å². The second-order valence-corrected chi connectivity index (χ2v) is 15.9. The molecule has 61 heavy (non-hydrogen) atoms. The molecule has 2 atom stereocenters. The lowest BCUT2D eigenvalue weighted by atomic mass is 9.95. The Balaban J connectivity index is 1.27. The van der Waals surface area contributed by atoms with E-state index in [1.54, 1.807) is 6.20 Å². The van der Waals surface area contributed by atoms with E-state index in [2.05, 4.69) is 34.8 Å². The van der Waals surface area contributed by atoms with E-state index < -0.39 is 24.0 Å². The molecule has 1 aromatic heterocycles. The van der Waals surface area contributed by atoms with Gasteiger partial charge in [-0.15, -0.1) is 0 Å². The monoisotopic (exact) mass is 842 g/mol. The van der Waals surface area contributed by atoms with E-state index in [1.165, 1.54) is 0 Å². The Kier molecular flexibility index (Phi) is 21.5. The van der Waals surface area contributed by atoms with E-state index in [0.717, 1.165) is 52.1 Å². The van der Waals surface area contributed by atoms with Gasteiger partial charge in [0, 0.05) is 31.2 Å². The highest BCUT2D eigenvalue weighted by molar-refractivity contribution is 6.00. The molecule has 3 aromatic carbocycles. The number of carbonyl (C=O) groups is 3. The van der Waals surface area contributed by atoms with E-state index in [-0.39, 0.29) is 24.7 Å². The fourth-order valence-corrected chi connectivity index (χ4v) is 6.60. The van der Waals surface area contributed by atoms with Crippen LogP contribution in [-0.2, 0) is 33.3 Å². The first kappa shape index (κ1) is 48.6. The van der Waals surface area contributed by atoms with Crippen molar-refractivity contribution in [2.45, 2.75) is 78.8 Å². The van der Waals surface area contributed by atoms with Crippen molar-refractivity contribution in [1.29, 1.82) is 0 Å². The highest BCUT2D eigenvalue weighted by Gasteiger charge is 2.26. The number of ether oxygens (including phenoxy) is 5. The van der Waals surface area contributed by atoms with Gasteiger partial charge in [-0.2, -0.15) is 0 Å². The first-order valence-electron chi connectivity index (χ1n) is 21.5. The molecule has 332 valence electrons. The second-order valence-electron chi connectivity index (χ2n) is 15.9. The van der Waals surface area contributed by atoms with Gasteiger partial charge in [0.25, 0.3) is 0 Å². The summed E-state index contributed by atoms with van der Waals surface area (Å²) in [4.78, 5) is 42.9. The first-order chi connectivity index (χ1) is 29.5. The SMILES string of the molecule is Cc1ccnc(NCCCC(=O)N[C@@H](CC(C)C)C(=O)N[C@@H](CC(=O)O)c2ccc(-c3ccc(OCCOCCOCCOCCOCCC(C)C)c4ccccc34)cc2)c1. The molecule has 13 heteroatoms. The van der Waals surface area contributed by atoms with Crippen LogP contribution in [-0.4, -0.2) is 99.9 Å². The summed E-state index contributed by atoms with van der Waals surface area (Å²) in [6.45, 7) is 15.5. The highest BCUT2D eigenvalue weighted by Crippen LogP contribution is 2.35. The molecule has 2 amide bonds. The molecule has 0 unspecified atom stereocenters. The van der Waals surface area contributed by atoms with Gasteiger partial charge in [0.1, 0.15) is 24.2 Å². The molecule has 0 aliphatic heterocycles. The third-order valence-corrected chi connectivity index (χ3v) is 9.81. The second kappa shape index (κ2) is 27.0. The third-order valence-electron chi connectivity index (χ3n) is 9.81. The number of aromatic nitrogens is 1. The molecule has 0 radical (unpaired) electrons. The van der Waals surface area contributed by atoms with Crippen molar-refractivity contribution in [3.8, 4) is 16.9 Å². The van der Waals surface area contributed by atoms with Crippen LogP contribution in [0.2, 0.25) is 0 Å². The van der Waals surface area contributed by atoms with Crippen LogP contribution in [0.25, 0.3) is 21.9 Å². The smallest absolute Gasteiger partial charge is 0.305 e. The first-order valence-corrected chi connectivity index (χ1v) is 21.5. The van der Waals surface area contributed by atoms with Gasteiger partial charge in [0.2, 0.25) is 11.8 Å². The maximum Gasteiger partial charge on any atom is 0.305 e. The average molecular weight is 843 g/mol. The Labute approximate surface area is 361 Å². The maximum atomic E-state index is 13.7. The Morgan fingerprint density at radius 3 is 1.98 bits per heavy atom. The molecule has 4 aromatic rings. The molecule has 0 saturated carbocycles. The third kappa shape index (κ3) is 18.2. The van der Waals surface area contributed by atoms with Crippen LogP contribution in [0, 0.1) is 18.8 Å². The van der Waals surface area contributed by atoms with Gasteiger partial charge in [-0.1, -0.05) is 82.3 Å². The number of fused-ring (bicyclic) bond motifs is 1. The van der Waals surface area contributed by atoms with Crippen molar-refractivity contribution in [2.75, 3.05) is 71.3 Å². The van der Waals surface area contributed by atoms with E-state index in [9.17, 15) is 19.5 Å². The summed E-state index contributed by atoms with van der Waals surface area (Å²) in [6, 6.07) is 21.7. The number of benzene rings is 3. The zero-order chi connectivity index (χ0) is 43.8. The number of nitrogens with one attached hydrogen (secondary N) is 3. The summed E-state index contributed by atoms with van der Waals surface area (Å²) in [6.07, 6.45) is 3.65. The van der Waals surface area contributed by atoms with Crippen molar-refractivity contribution < 1.29 is 43.2 Å². The number of rotatable bonds is 30. The Morgan fingerprint density at radius 2 is 1.36 bits per heavy atom. The molecule has 4 N–H and O–H groups in total. The van der Waals surface area contributed by atoms with Crippen LogP contribution in [0.4, 0.5) is 5.82 Å². The maximum absolute atomic E-state index is 13.7. The zero-order valence-electron chi connectivity index (χ0n) is 36.6. The highest BCUT2D eigenvalue weighted by atomic mass is 16.6. The summed E-state index contributed by atoms with van der Waals surface area (Å²) in [5.41, 5.74) is 3.64. The van der Waals surface area contributed by atoms with Crippen molar-refractivity contribution in [1.82, 2.24) is 15.6 Å². The minimum absolute atomic E-state index is 0.110. The van der Waals surface area contributed by atoms with Crippen LogP contribution in [0.15, 0.2) is 79.0 Å². The molecule has 0 bridgehead atoms. The zero-order valence-corrected chi connectivity index (χ0v) is 36.6. The van der Waals surface area contributed by atoms with E-state index in [0.29, 0.717) is 83.7 Å². The number of carboxylic acids is 1. The van der Waals surface area contributed by atoms with Gasteiger partial charge in [-0.05, 0) is 83.9 Å².